The van der Waals surface area contributed by atoms with Crippen LogP contribution in [0.2, 0.25) is 0 Å². The molecule has 0 saturated carbocycles. The van der Waals surface area contributed by atoms with Gasteiger partial charge in [-0.2, -0.15) is 0 Å². The van der Waals surface area contributed by atoms with E-state index in [1.807, 2.05) is 0 Å². The minimum absolute atomic E-state index is 0. The molecule has 0 fully saturated rings. The van der Waals surface area contributed by atoms with Gasteiger partial charge >= 0.3 is 11.9 Å². The summed E-state index contributed by atoms with van der Waals surface area (Å²) in [7, 11) is 0. The zero-order valence-electron chi connectivity index (χ0n) is 8.52. The summed E-state index contributed by atoms with van der Waals surface area (Å²) in [5.74, 6) is -13.5. The first kappa shape index (κ1) is 19.3. The molecule has 0 aromatic heterocycles. The Hall–Kier alpha value is -1.00. The molecule has 0 aliphatic heterocycles. The van der Waals surface area contributed by atoms with E-state index in [0.29, 0.717) is 0 Å². The van der Waals surface area contributed by atoms with E-state index < -0.39 is 46.3 Å². The fraction of sp³-hybridized carbons (Fsp3) is 0. The number of hydrogen-bond acceptors (Lipinski definition) is 2. The molecular weight excluding hydrogens is 307 g/mol. The summed E-state index contributed by atoms with van der Waals surface area (Å²) in [5, 5.41) is 16.5. The molecule has 2 radical (unpaired) electrons. The third-order valence-corrected chi connectivity index (χ3v) is 1.69. The molecule has 18 heavy (non-hydrogen) atoms. The largest absolute Gasteiger partial charge is 0.477 e. The number of carboxylic acids is 2. The van der Waals surface area contributed by atoms with Gasteiger partial charge in [0.15, 0.2) is 23.3 Å². The van der Waals surface area contributed by atoms with Crippen LogP contribution in [0.5, 0.6) is 0 Å². The Morgan fingerprint density at radius 1 is 0.722 bits per heavy atom. The van der Waals surface area contributed by atoms with Crippen molar-refractivity contribution in [3.8, 4) is 0 Å². The van der Waals surface area contributed by atoms with Crippen LogP contribution in [-0.4, -0.2) is 41.0 Å². The van der Waals surface area contributed by atoms with E-state index in [4.69, 9.17) is 10.2 Å². The van der Waals surface area contributed by atoms with Gasteiger partial charge < -0.3 is 10.2 Å². The molecule has 1 aromatic carbocycles. The van der Waals surface area contributed by atoms with Crippen molar-refractivity contribution >= 4 is 30.8 Å². The van der Waals surface area contributed by atoms with Crippen LogP contribution in [0, 0.1) is 23.3 Å². The second-order valence-electron chi connectivity index (χ2n) is 2.62. The minimum Gasteiger partial charge on any atom is -0.477 e. The smallest absolute Gasteiger partial charge is 0.341 e. The Morgan fingerprint density at radius 2 is 0.889 bits per heavy atom. The first-order chi connectivity index (χ1) is 7.29. The van der Waals surface area contributed by atoms with Crippen LogP contribution in [-0.2, 0) is 17.1 Å². The van der Waals surface area contributed by atoms with E-state index in [9.17, 15) is 27.2 Å². The van der Waals surface area contributed by atoms with Crippen molar-refractivity contribution in [2.75, 3.05) is 0 Å². The minimum atomic E-state index is -2.26. The average Bonchev–Trinajstić information content (AvgIpc) is 2.14. The van der Waals surface area contributed by atoms with Crippen molar-refractivity contribution in [1.29, 1.82) is 0 Å². The molecule has 0 spiro atoms. The number of rotatable bonds is 2. The molecule has 0 heterocycles. The standard InChI is InChI=1S/C8H2F4O4.Cu.Li/c9-3-1(7(13)14)4(10)6(12)2(5(3)11)8(15)16;;/h(H,13,14)(H,15,16);;. The first-order valence-electron chi connectivity index (χ1n) is 3.61. The third kappa shape index (κ3) is 3.06. The second-order valence-corrected chi connectivity index (χ2v) is 2.62. The predicted molar refractivity (Wildman–Crippen MR) is 45.9 cm³/mol. The van der Waals surface area contributed by atoms with E-state index in [-0.39, 0.29) is 35.9 Å². The van der Waals surface area contributed by atoms with Crippen LogP contribution in [0.4, 0.5) is 17.6 Å². The maximum atomic E-state index is 12.9. The fourth-order valence-electron chi connectivity index (χ4n) is 1.01. The van der Waals surface area contributed by atoms with Gasteiger partial charge in [0.25, 0.3) is 0 Å². The maximum absolute atomic E-state index is 12.9. The molecule has 1 rings (SSSR count). The van der Waals surface area contributed by atoms with Crippen LogP contribution < -0.4 is 0 Å². The van der Waals surface area contributed by atoms with E-state index in [0.717, 1.165) is 0 Å². The van der Waals surface area contributed by atoms with Crippen molar-refractivity contribution < 1.29 is 54.4 Å². The molecule has 0 aliphatic rings. The number of aromatic carboxylic acids is 2. The number of halogens is 4. The monoisotopic (exact) mass is 308 g/mol. The predicted octanol–water partition coefficient (Wildman–Crippen LogP) is 1.26. The van der Waals surface area contributed by atoms with E-state index in [2.05, 4.69) is 0 Å². The Morgan fingerprint density at radius 3 is 1.00 bits per heavy atom. The van der Waals surface area contributed by atoms with Crippen LogP contribution in [0.25, 0.3) is 0 Å². The molecule has 0 bridgehead atoms. The van der Waals surface area contributed by atoms with Crippen molar-refractivity contribution in [3.63, 3.8) is 0 Å². The summed E-state index contributed by atoms with van der Waals surface area (Å²) in [5.41, 5.74) is -3.75. The van der Waals surface area contributed by atoms with Gasteiger partial charge in [-0.25, -0.2) is 27.2 Å². The van der Waals surface area contributed by atoms with Gasteiger partial charge in [0, 0.05) is 35.9 Å². The molecule has 2 N–H and O–H groups in total. The van der Waals surface area contributed by atoms with Crippen LogP contribution >= 0.6 is 0 Å². The third-order valence-electron chi connectivity index (χ3n) is 1.69. The summed E-state index contributed by atoms with van der Waals surface area (Å²) in [4.78, 5) is 20.5. The summed E-state index contributed by atoms with van der Waals surface area (Å²) >= 11 is 0. The Balaban J connectivity index is 0. The zero-order chi connectivity index (χ0) is 12.6. The number of benzene rings is 1. The number of carboxylic acid groups (broad SMARTS) is 2. The second kappa shape index (κ2) is 6.80. The Bertz CT molecular complexity index is 434. The van der Waals surface area contributed by atoms with Gasteiger partial charge in [-0.3, -0.25) is 0 Å². The van der Waals surface area contributed by atoms with Gasteiger partial charge in [0.1, 0.15) is 11.1 Å². The number of carbonyl (C=O) groups is 2. The van der Waals surface area contributed by atoms with Crippen molar-refractivity contribution in [2.45, 2.75) is 0 Å². The quantitative estimate of drug-likeness (QED) is 0.490. The Kier molecular flexibility index (Phi) is 7.31. The van der Waals surface area contributed by atoms with Crippen molar-refractivity contribution in [1.82, 2.24) is 0 Å². The topological polar surface area (TPSA) is 74.6 Å². The van der Waals surface area contributed by atoms with Gasteiger partial charge in [-0.15, -0.1) is 0 Å². The summed E-state index contributed by atoms with van der Waals surface area (Å²) in [6, 6.07) is 0. The van der Waals surface area contributed by atoms with E-state index in [1.165, 1.54) is 0 Å². The Labute approximate surface area is 120 Å². The average molecular weight is 309 g/mol. The zero-order valence-corrected chi connectivity index (χ0v) is 9.47. The molecule has 10 heteroatoms. The summed E-state index contributed by atoms with van der Waals surface area (Å²) in [6.45, 7) is 0. The fourth-order valence-corrected chi connectivity index (χ4v) is 1.01. The molecule has 0 atom stereocenters. The van der Waals surface area contributed by atoms with Gasteiger partial charge in [0.05, 0.1) is 0 Å². The number of hydrogen-bond donors (Lipinski definition) is 2. The summed E-state index contributed by atoms with van der Waals surface area (Å²) < 4.78 is 51.6. The summed E-state index contributed by atoms with van der Waals surface area (Å²) in [6.07, 6.45) is 0. The van der Waals surface area contributed by atoms with Crippen molar-refractivity contribution in [3.05, 3.63) is 34.4 Å². The van der Waals surface area contributed by atoms with Gasteiger partial charge in [0.2, 0.25) is 0 Å². The van der Waals surface area contributed by atoms with E-state index >= 15 is 0 Å². The molecule has 0 amide bonds. The molecule has 0 unspecified atom stereocenters. The van der Waals surface area contributed by atoms with E-state index in [1.54, 1.807) is 0 Å². The van der Waals surface area contributed by atoms with Gasteiger partial charge in [-0.05, 0) is 0 Å². The molecule has 1 aromatic rings. The van der Waals surface area contributed by atoms with Gasteiger partial charge in [-0.1, -0.05) is 0 Å². The normalized spacial score (nSPS) is 9.11. The molecule has 4 nitrogen and oxygen atoms in total. The molecule has 0 saturated heterocycles. The SMILES string of the molecule is O=C(O)c1c(F)c(F)c(C(=O)O)c(F)c1F.[Cu].[Li]. The van der Waals surface area contributed by atoms with Crippen molar-refractivity contribution in [2.24, 2.45) is 0 Å². The molecule has 98 valence electrons. The molecular formula is C8H2CuF4LiO4. The first-order valence-corrected chi connectivity index (χ1v) is 3.61. The van der Waals surface area contributed by atoms with Crippen LogP contribution in [0.1, 0.15) is 20.7 Å². The maximum Gasteiger partial charge on any atom is 0.341 e. The van der Waals surface area contributed by atoms with Crippen LogP contribution in [0.3, 0.4) is 0 Å². The molecule has 0 aliphatic carbocycles. The van der Waals surface area contributed by atoms with Crippen LogP contribution in [0.15, 0.2) is 0 Å².